The number of ether oxygens (including phenoxy) is 2. The van der Waals surface area contributed by atoms with Crippen LogP contribution < -0.4 is 19.3 Å². The van der Waals surface area contributed by atoms with Gasteiger partial charge in [-0.05, 0) is 59.9 Å². The van der Waals surface area contributed by atoms with Gasteiger partial charge in [0, 0.05) is 58.1 Å². The van der Waals surface area contributed by atoms with Crippen molar-refractivity contribution < 1.29 is 19.1 Å². The molecular formula is C32H36N4O4. The Hall–Kier alpha value is -4.04. The number of carbonyl (C=O) groups excluding carboxylic acids is 2. The van der Waals surface area contributed by atoms with Crippen LogP contribution in [0.3, 0.4) is 0 Å². The molecule has 3 aliphatic heterocycles. The van der Waals surface area contributed by atoms with Crippen LogP contribution in [0.15, 0.2) is 54.6 Å². The van der Waals surface area contributed by atoms with Crippen LogP contribution in [0, 0.1) is 0 Å². The fourth-order valence-electron chi connectivity index (χ4n) is 6.21. The molecule has 8 heteroatoms. The quantitative estimate of drug-likeness (QED) is 0.416. The van der Waals surface area contributed by atoms with Gasteiger partial charge in [-0.15, -0.1) is 0 Å². The van der Waals surface area contributed by atoms with Crippen LogP contribution >= 0.6 is 0 Å². The predicted octanol–water partition coefficient (Wildman–Crippen LogP) is 4.20. The zero-order valence-electron chi connectivity index (χ0n) is 23.5. The van der Waals surface area contributed by atoms with Crippen LogP contribution in [-0.2, 0) is 19.5 Å². The minimum absolute atomic E-state index is 0.198. The summed E-state index contributed by atoms with van der Waals surface area (Å²) in [6, 6.07) is 17.9. The number of anilines is 2. The van der Waals surface area contributed by atoms with Crippen molar-refractivity contribution in [3.63, 3.8) is 0 Å². The van der Waals surface area contributed by atoms with Crippen molar-refractivity contribution in [3.8, 4) is 11.5 Å². The SMILES string of the molecule is COc1cc(CN2CCN(c3cccc4c3C(=O)N(Cc3ccc5c(c3)CCCN5C)C4=O)CC2)cc(OC)c1. The van der Waals surface area contributed by atoms with E-state index in [1.807, 2.05) is 36.4 Å². The first-order valence-electron chi connectivity index (χ1n) is 14.0. The third-order valence-corrected chi connectivity index (χ3v) is 8.34. The first-order chi connectivity index (χ1) is 19.4. The molecule has 8 nitrogen and oxygen atoms in total. The number of nitrogens with zero attached hydrogens (tertiary/aromatic N) is 4. The number of carbonyl (C=O) groups is 2. The van der Waals surface area contributed by atoms with Crippen molar-refractivity contribution in [2.24, 2.45) is 0 Å². The molecule has 3 aromatic rings. The maximum Gasteiger partial charge on any atom is 0.263 e. The summed E-state index contributed by atoms with van der Waals surface area (Å²) in [6.07, 6.45) is 2.14. The molecule has 0 radical (unpaired) electrons. The number of methoxy groups -OCH3 is 2. The molecule has 0 spiro atoms. The van der Waals surface area contributed by atoms with Crippen LogP contribution in [0.1, 0.15) is 43.8 Å². The molecule has 3 aliphatic rings. The molecule has 0 saturated carbocycles. The topological polar surface area (TPSA) is 65.6 Å². The van der Waals surface area contributed by atoms with Crippen molar-refractivity contribution in [1.29, 1.82) is 0 Å². The lowest BCUT2D eigenvalue weighted by molar-refractivity contribution is 0.0642. The summed E-state index contributed by atoms with van der Waals surface area (Å²) in [5.41, 5.74) is 6.55. The normalized spacial score (nSPS) is 17.2. The molecule has 0 bridgehead atoms. The Morgan fingerprint density at radius 1 is 0.750 bits per heavy atom. The molecule has 3 heterocycles. The number of fused-ring (bicyclic) bond motifs is 2. The van der Waals surface area contributed by atoms with Gasteiger partial charge in [0.15, 0.2) is 0 Å². The lowest BCUT2D eigenvalue weighted by atomic mass is 9.99. The molecule has 1 fully saturated rings. The Kier molecular flexibility index (Phi) is 7.11. The standard InChI is InChI=1S/C32H36N4O4/c1-33-11-5-6-24-16-22(9-10-28(24)33)21-36-31(37)27-7-4-8-29(30(27)32(36)38)35-14-12-34(13-15-35)20-23-17-25(39-2)19-26(18-23)40-3/h4,7-10,16-19H,5-6,11-15,20-21H2,1-3H3. The number of amides is 2. The highest BCUT2D eigenvalue weighted by atomic mass is 16.5. The van der Waals surface area contributed by atoms with Crippen molar-refractivity contribution in [1.82, 2.24) is 9.80 Å². The Morgan fingerprint density at radius 2 is 1.50 bits per heavy atom. The highest BCUT2D eigenvalue weighted by Crippen LogP contribution is 2.34. The molecule has 3 aromatic carbocycles. The lowest BCUT2D eigenvalue weighted by Crippen LogP contribution is -2.46. The van der Waals surface area contributed by atoms with Gasteiger partial charge in [0.25, 0.3) is 11.8 Å². The molecular weight excluding hydrogens is 504 g/mol. The van der Waals surface area contributed by atoms with E-state index in [1.54, 1.807) is 20.3 Å². The van der Waals surface area contributed by atoms with Gasteiger partial charge < -0.3 is 19.3 Å². The molecule has 0 atom stereocenters. The van der Waals surface area contributed by atoms with Crippen LogP contribution in [0.2, 0.25) is 0 Å². The zero-order valence-corrected chi connectivity index (χ0v) is 23.5. The minimum atomic E-state index is -0.206. The van der Waals surface area contributed by atoms with E-state index >= 15 is 0 Å². The van der Waals surface area contributed by atoms with E-state index in [2.05, 4.69) is 33.9 Å². The van der Waals surface area contributed by atoms with Crippen LogP contribution in [0.25, 0.3) is 0 Å². The van der Waals surface area contributed by atoms with E-state index < -0.39 is 0 Å². The van der Waals surface area contributed by atoms with Gasteiger partial charge >= 0.3 is 0 Å². The van der Waals surface area contributed by atoms with Crippen molar-refractivity contribution in [2.45, 2.75) is 25.9 Å². The average molecular weight is 541 g/mol. The number of benzene rings is 3. The highest BCUT2D eigenvalue weighted by molar-refractivity contribution is 6.23. The van der Waals surface area contributed by atoms with Gasteiger partial charge in [-0.3, -0.25) is 19.4 Å². The predicted molar refractivity (Wildman–Crippen MR) is 156 cm³/mol. The first kappa shape index (κ1) is 26.2. The fraction of sp³-hybridized carbons (Fsp3) is 0.375. The van der Waals surface area contributed by atoms with Gasteiger partial charge in [0.05, 0.1) is 37.6 Å². The molecule has 0 unspecified atom stereocenters. The second kappa shape index (κ2) is 10.8. The number of imide groups is 1. The molecule has 0 aliphatic carbocycles. The van der Waals surface area contributed by atoms with E-state index in [0.29, 0.717) is 17.7 Å². The Balaban J connectivity index is 1.15. The molecule has 208 valence electrons. The molecule has 40 heavy (non-hydrogen) atoms. The summed E-state index contributed by atoms with van der Waals surface area (Å²) >= 11 is 0. The maximum absolute atomic E-state index is 13.7. The second-order valence-electron chi connectivity index (χ2n) is 10.9. The van der Waals surface area contributed by atoms with Crippen molar-refractivity contribution >= 4 is 23.2 Å². The number of hydrogen-bond donors (Lipinski definition) is 0. The van der Waals surface area contributed by atoms with Crippen LogP contribution in [0.5, 0.6) is 11.5 Å². The van der Waals surface area contributed by atoms with Gasteiger partial charge in [-0.2, -0.15) is 0 Å². The average Bonchev–Trinajstić information content (AvgIpc) is 3.22. The summed E-state index contributed by atoms with van der Waals surface area (Å²) in [5.74, 6) is 1.16. The summed E-state index contributed by atoms with van der Waals surface area (Å²) in [5, 5.41) is 0. The molecule has 1 saturated heterocycles. The second-order valence-corrected chi connectivity index (χ2v) is 10.9. The third-order valence-electron chi connectivity index (χ3n) is 8.34. The fourth-order valence-corrected chi connectivity index (χ4v) is 6.21. The Morgan fingerprint density at radius 3 is 2.23 bits per heavy atom. The largest absolute Gasteiger partial charge is 0.497 e. The van der Waals surface area contributed by atoms with E-state index in [4.69, 9.17) is 9.47 Å². The van der Waals surface area contributed by atoms with Crippen molar-refractivity contribution in [3.05, 3.63) is 82.4 Å². The van der Waals surface area contributed by atoms with Crippen LogP contribution in [-0.4, -0.2) is 75.6 Å². The Bertz CT molecular complexity index is 1420. The summed E-state index contributed by atoms with van der Waals surface area (Å²) in [7, 11) is 5.43. The van der Waals surface area contributed by atoms with Gasteiger partial charge in [-0.1, -0.05) is 18.2 Å². The highest BCUT2D eigenvalue weighted by Gasteiger charge is 2.39. The number of rotatable bonds is 7. The Labute approximate surface area is 235 Å². The summed E-state index contributed by atoms with van der Waals surface area (Å²) < 4.78 is 10.9. The lowest BCUT2D eigenvalue weighted by Gasteiger charge is -2.36. The first-order valence-corrected chi connectivity index (χ1v) is 14.0. The monoisotopic (exact) mass is 540 g/mol. The van der Waals surface area contributed by atoms with E-state index in [0.717, 1.165) is 80.4 Å². The molecule has 0 N–H and O–H groups in total. The van der Waals surface area contributed by atoms with Gasteiger partial charge in [-0.25, -0.2) is 0 Å². The molecule has 0 aromatic heterocycles. The van der Waals surface area contributed by atoms with Crippen molar-refractivity contribution in [2.75, 3.05) is 63.8 Å². The van der Waals surface area contributed by atoms with E-state index in [1.165, 1.54) is 16.2 Å². The summed E-state index contributed by atoms with van der Waals surface area (Å²) in [4.78, 5) is 35.4. The van der Waals surface area contributed by atoms with E-state index in [-0.39, 0.29) is 11.8 Å². The minimum Gasteiger partial charge on any atom is -0.497 e. The maximum atomic E-state index is 13.7. The number of piperazine rings is 1. The third kappa shape index (κ3) is 4.88. The number of hydrogen-bond acceptors (Lipinski definition) is 7. The van der Waals surface area contributed by atoms with Gasteiger partial charge in [0.1, 0.15) is 11.5 Å². The summed E-state index contributed by atoms with van der Waals surface area (Å²) in [6.45, 7) is 5.38. The van der Waals surface area contributed by atoms with E-state index in [9.17, 15) is 9.59 Å². The van der Waals surface area contributed by atoms with Gasteiger partial charge in [0.2, 0.25) is 0 Å². The molecule has 2 amide bonds. The molecule has 6 rings (SSSR count). The zero-order chi connectivity index (χ0) is 27.8. The smallest absolute Gasteiger partial charge is 0.263 e. The number of aryl methyl sites for hydroxylation is 1. The van der Waals surface area contributed by atoms with Crippen LogP contribution in [0.4, 0.5) is 11.4 Å².